The first kappa shape index (κ1) is 13.3. The first-order chi connectivity index (χ1) is 7.74. The van der Waals surface area contributed by atoms with E-state index < -0.39 is 6.10 Å². The predicted molar refractivity (Wildman–Crippen MR) is 67.9 cm³/mol. The number of hydrogen-bond acceptors (Lipinski definition) is 2. The van der Waals surface area contributed by atoms with Crippen LogP contribution in [0.2, 0.25) is 0 Å². The molecule has 0 saturated heterocycles. The number of thioether (sulfide) groups is 1. The second-order valence-electron chi connectivity index (χ2n) is 3.60. The standard InChI is InChI=1S/C13H17FOS/c1-2-16-10-4-3-5-13(15)11-6-8-12(14)9-7-11/h2,6-9,13,15H,1,3-5,10H2. The number of halogens is 1. The zero-order valence-electron chi connectivity index (χ0n) is 9.23. The van der Waals surface area contributed by atoms with Gasteiger partial charge >= 0.3 is 0 Å². The van der Waals surface area contributed by atoms with E-state index in [1.54, 1.807) is 23.9 Å². The average molecular weight is 240 g/mol. The van der Waals surface area contributed by atoms with Crippen molar-refractivity contribution in [2.45, 2.75) is 25.4 Å². The van der Waals surface area contributed by atoms with E-state index in [1.165, 1.54) is 12.1 Å². The van der Waals surface area contributed by atoms with Crippen LogP contribution in [-0.2, 0) is 0 Å². The number of unbranched alkanes of at least 4 members (excludes halogenated alkanes) is 1. The molecule has 1 atom stereocenters. The zero-order chi connectivity index (χ0) is 11.8. The van der Waals surface area contributed by atoms with Gasteiger partial charge in [0.1, 0.15) is 5.82 Å². The highest BCUT2D eigenvalue weighted by Crippen LogP contribution is 2.20. The van der Waals surface area contributed by atoms with E-state index in [4.69, 9.17) is 0 Å². The van der Waals surface area contributed by atoms with Gasteiger partial charge in [0, 0.05) is 0 Å². The second kappa shape index (κ2) is 7.47. The summed E-state index contributed by atoms with van der Waals surface area (Å²) in [7, 11) is 0. The monoisotopic (exact) mass is 240 g/mol. The molecule has 88 valence electrons. The average Bonchev–Trinajstić information content (AvgIpc) is 2.29. The summed E-state index contributed by atoms with van der Waals surface area (Å²) in [6.45, 7) is 3.63. The Kier molecular flexibility index (Phi) is 6.19. The molecule has 0 saturated carbocycles. The highest BCUT2D eigenvalue weighted by atomic mass is 32.2. The molecule has 1 aromatic rings. The zero-order valence-corrected chi connectivity index (χ0v) is 10.0. The minimum Gasteiger partial charge on any atom is -0.388 e. The molecule has 0 fully saturated rings. The summed E-state index contributed by atoms with van der Waals surface area (Å²) in [6, 6.07) is 6.04. The highest BCUT2D eigenvalue weighted by Gasteiger charge is 2.06. The van der Waals surface area contributed by atoms with Crippen molar-refractivity contribution in [3.63, 3.8) is 0 Å². The highest BCUT2D eigenvalue weighted by molar-refractivity contribution is 8.02. The lowest BCUT2D eigenvalue weighted by Crippen LogP contribution is -1.97. The van der Waals surface area contributed by atoms with Crippen LogP contribution in [0.25, 0.3) is 0 Å². The number of aliphatic hydroxyl groups is 1. The van der Waals surface area contributed by atoms with Crippen LogP contribution in [0.5, 0.6) is 0 Å². The van der Waals surface area contributed by atoms with Crippen LogP contribution in [0.4, 0.5) is 4.39 Å². The molecule has 0 aliphatic rings. The van der Waals surface area contributed by atoms with Gasteiger partial charge in [-0.1, -0.05) is 18.7 Å². The van der Waals surface area contributed by atoms with Gasteiger partial charge < -0.3 is 5.11 Å². The topological polar surface area (TPSA) is 20.2 Å². The maximum Gasteiger partial charge on any atom is 0.123 e. The van der Waals surface area contributed by atoms with E-state index in [-0.39, 0.29) is 5.82 Å². The fraction of sp³-hybridized carbons (Fsp3) is 0.385. The van der Waals surface area contributed by atoms with E-state index in [0.717, 1.165) is 30.6 Å². The molecule has 0 radical (unpaired) electrons. The summed E-state index contributed by atoms with van der Waals surface area (Å²) in [5.74, 6) is 0.776. The molecule has 0 bridgehead atoms. The Hall–Kier alpha value is -0.800. The van der Waals surface area contributed by atoms with Crippen LogP contribution in [0.3, 0.4) is 0 Å². The van der Waals surface area contributed by atoms with Crippen LogP contribution >= 0.6 is 11.8 Å². The Morgan fingerprint density at radius 3 is 2.62 bits per heavy atom. The molecule has 0 heterocycles. The Labute approximate surface area is 100 Å². The van der Waals surface area contributed by atoms with Gasteiger partial charge in [-0.2, -0.15) is 0 Å². The molecular formula is C13H17FOS. The summed E-state index contributed by atoms with van der Waals surface area (Å²) < 4.78 is 12.6. The summed E-state index contributed by atoms with van der Waals surface area (Å²) in [5.41, 5.74) is 0.790. The van der Waals surface area contributed by atoms with Crippen molar-refractivity contribution in [2.24, 2.45) is 0 Å². The lowest BCUT2D eigenvalue weighted by Gasteiger charge is -2.10. The summed E-state index contributed by atoms with van der Waals surface area (Å²) in [4.78, 5) is 0. The van der Waals surface area contributed by atoms with Crippen molar-refractivity contribution in [3.8, 4) is 0 Å². The Morgan fingerprint density at radius 1 is 1.31 bits per heavy atom. The van der Waals surface area contributed by atoms with Crippen molar-refractivity contribution in [1.29, 1.82) is 0 Å². The van der Waals surface area contributed by atoms with Gasteiger partial charge in [0.2, 0.25) is 0 Å². The molecule has 0 aliphatic heterocycles. The molecule has 0 amide bonds. The Balaban J connectivity index is 2.26. The largest absolute Gasteiger partial charge is 0.388 e. The van der Waals surface area contributed by atoms with Crippen LogP contribution in [0.1, 0.15) is 30.9 Å². The van der Waals surface area contributed by atoms with Gasteiger partial charge in [-0.3, -0.25) is 0 Å². The molecule has 0 aliphatic carbocycles. The van der Waals surface area contributed by atoms with Gasteiger partial charge in [0.25, 0.3) is 0 Å². The third kappa shape index (κ3) is 4.81. The molecule has 16 heavy (non-hydrogen) atoms. The first-order valence-electron chi connectivity index (χ1n) is 5.40. The van der Waals surface area contributed by atoms with E-state index in [1.807, 2.05) is 5.41 Å². The smallest absolute Gasteiger partial charge is 0.123 e. The quantitative estimate of drug-likeness (QED) is 0.729. The molecule has 3 heteroatoms. The van der Waals surface area contributed by atoms with Crippen molar-refractivity contribution < 1.29 is 9.50 Å². The molecule has 1 aromatic carbocycles. The Bertz CT molecular complexity index is 310. The molecule has 1 unspecified atom stereocenters. The van der Waals surface area contributed by atoms with E-state index in [0.29, 0.717) is 0 Å². The third-order valence-corrected chi connectivity index (χ3v) is 3.12. The van der Waals surface area contributed by atoms with Crippen LogP contribution < -0.4 is 0 Å². The third-order valence-electron chi connectivity index (χ3n) is 2.36. The summed E-state index contributed by atoms with van der Waals surface area (Å²) in [5, 5.41) is 11.6. The van der Waals surface area contributed by atoms with Gasteiger partial charge in [0.15, 0.2) is 0 Å². The second-order valence-corrected chi connectivity index (χ2v) is 4.68. The SMILES string of the molecule is C=CSCCCCC(O)c1ccc(F)cc1. The van der Waals surface area contributed by atoms with E-state index in [2.05, 4.69) is 6.58 Å². The van der Waals surface area contributed by atoms with Gasteiger partial charge in [0.05, 0.1) is 6.10 Å². The number of benzene rings is 1. The number of rotatable bonds is 7. The summed E-state index contributed by atoms with van der Waals surface area (Å²) in [6.07, 6.45) is 2.28. The maximum absolute atomic E-state index is 12.6. The van der Waals surface area contributed by atoms with Crippen LogP contribution in [-0.4, -0.2) is 10.9 Å². The molecular weight excluding hydrogens is 223 g/mol. The Morgan fingerprint density at radius 2 is 2.00 bits per heavy atom. The van der Waals surface area contributed by atoms with Crippen LogP contribution in [0.15, 0.2) is 36.3 Å². The lowest BCUT2D eigenvalue weighted by molar-refractivity contribution is 0.164. The molecule has 0 spiro atoms. The molecule has 0 aromatic heterocycles. The van der Waals surface area contributed by atoms with Crippen molar-refractivity contribution in [1.82, 2.24) is 0 Å². The molecule has 1 nitrogen and oxygen atoms in total. The number of hydrogen-bond donors (Lipinski definition) is 1. The number of aliphatic hydroxyl groups excluding tert-OH is 1. The maximum atomic E-state index is 12.6. The normalized spacial score (nSPS) is 12.4. The first-order valence-corrected chi connectivity index (χ1v) is 6.45. The van der Waals surface area contributed by atoms with Crippen molar-refractivity contribution >= 4 is 11.8 Å². The fourth-order valence-corrected chi connectivity index (χ4v) is 2.00. The van der Waals surface area contributed by atoms with E-state index >= 15 is 0 Å². The lowest BCUT2D eigenvalue weighted by atomic mass is 10.0. The van der Waals surface area contributed by atoms with Crippen molar-refractivity contribution in [2.75, 3.05) is 5.75 Å². The van der Waals surface area contributed by atoms with Gasteiger partial charge in [-0.05, 0) is 48.1 Å². The van der Waals surface area contributed by atoms with Gasteiger partial charge in [-0.25, -0.2) is 4.39 Å². The molecule has 1 rings (SSSR count). The van der Waals surface area contributed by atoms with Crippen molar-refractivity contribution in [3.05, 3.63) is 47.6 Å². The predicted octanol–water partition coefficient (Wildman–Crippen LogP) is 3.91. The van der Waals surface area contributed by atoms with Crippen LogP contribution in [0, 0.1) is 5.82 Å². The minimum absolute atomic E-state index is 0.265. The fourth-order valence-electron chi connectivity index (χ4n) is 1.46. The van der Waals surface area contributed by atoms with E-state index in [9.17, 15) is 9.50 Å². The summed E-state index contributed by atoms with van der Waals surface area (Å²) >= 11 is 1.69. The molecule has 1 N–H and O–H groups in total. The van der Waals surface area contributed by atoms with Gasteiger partial charge in [-0.15, -0.1) is 11.8 Å². The minimum atomic E-state index is -0.477.